The quantitative estimate of drug-likeness (QED) is 0.672. The topological polar surface area (TPSA) is 26.3 Å². The van der Waals surface area contributed by atoms with Crippen LogP contribution in [0, 0.1) is 5.41 Å². The van der Waals surface area contributed by atoms with Crippen LogP contribution in [0.15, 0.2) is 0 Å². The van der Waals surface area contributed by atoms with Gasteiger partial charge in [-0.25, -0.2) is 0 Å². The molecule has 0 aromatic carbocycles. The maximum Gasteiger partial charge on any atom is 0.389 e. The van der Waals surface area contributed by atoms with Crippen molar-refractivity contribution in [2.45, 2.75) is 45.7 Å². The minimum atomic E-state index is -4.11. The van der Waals surface area contributed by atoms with Crippen LogP contribution in [0.4, 0.5) is 13.2 Å². The highest BCUT2D eigenvalue weighted by Crippen LogP contribution is 2.31. The van der Waals surface area contributed by atoms with Crippen molar-refractivity contribution in [3.63, 3.8) is 0 Å². The van der Waals surface area contributed by atoms with Gasteiger partial charge in [0.15, 0.2) is 0 Å². The molecule has 0 heterocycles. The second-order valence-corrected chi connectivity index (χ2v) is 4.39. The number of alkyl halides is 3. The first-order valence-electron chi connectivity index (χ1n) is 4.80. The third-order valence-electron chi connectivity index (χ3n) is 2.16. The van der Waals surface area contributed by atoms with E-state index in [9.17, 15) is 18.0 Å². The van der Waals surface area contributed by atoms with Crippen molar-refractivity contribution in [1.82, 2.24) is 0 Å². The molecule has 0 radical (unpaired) electrons. The summed E-state index contributed by atoms with van der Waals surface area (Å²) in [6.07, 6.45) is -4.34. The SMILES string of the molecule is COC(=O)CC(C)(C)CCCC(F)(F)F. The van der Waals surface area contributed by atoms with E-state index >= 15 is 0 Å². The molecule has 0 saturated heterocycles. The molecule has 0 N–H and O–H groups in total. The van der Waals surface area contributed by atoms with Crippen LogP contribution in [-0.2, 0) is 9.53 Å². The number of carbonyl (C=O) groups is 1. The molecular weight excluding hydrogens is 209 g/mol. The Bertz CT molecular complexity index is 209. The van der Waals surface area contributed by atoms with Gasteiger partial charge in [-0.05, 0) is 18.3 Å². The zero-order valence-electron chi connectivity index (χ0n) is 9.28. The van der Waals surface area contributed by atoms with Crippen LogP contribution in [0.1, 0.15) is 39.5 Å². The fraction of sp³-hybridized carbons (Fsp3) is 0.900. The fourth-order valence-corrected chi connectivity index (χ4v) is 1.32. The largest absolute Gasteiger partial charge is 0.469 e. The molecule has 0 aliphatic heterocycles. The van der Waals surface area contributed by atoms with Gasteiger partial charge in [0.2, 0.25) is 0 Å². The van der Waals surface area contributed by atoms with Crippen LogP contribution < -0.4 is 0 Å². The Kier molecular flexibility index (Phi) is 5.11. The van der Waals surface area contributed by atoms with E-state index in [0.29, 0.717) is 6.42 Å². The monoisotopic (exact) mass is 226 g/mol. The summed E-state index contributed by atoms with van der Waals surface area (Å²) in [5.41, 5.74) is -0.432. The predicted molar refractivity (Wildman–Crippen MR) is 50.3 cm³/mol. The summed E-state index contributed by atoms with van der Waals surface area (Å²) in [4.78, 5) is 10.9. The zero-order chi connectivity index (χ0) is 12.1. The lowest BCUT2D eigenvalue weighted by Gasteiger charge is -2.23. The fourth-order valence-electron chi connectivity index (χ4n) is 1.32. The highest BCUT2D eigenvalue weighted by Gasteiger charge is 2.29. The van der Waals surface area contributed by atoms with Gasteiger partial charge in [-0.1, -0.05) is 13.8 Å². The number of carbonyl (C=O) groups excluding carboxylic acids is 1. The van der Waals surface area contributed by atoms with E-state index in [4.69, 9.17) is 0 Å². The van der Waals surface area contributed by atoms with Crippen molar-refractivity contribution >= 4 is 5.97 Å². The van der Waals surface area contributed by atoms with Crippen LogP contribution in [0.25, 0.3) is 0 Å². The summed E-state index contributed by atoms with van der Waals surface area (Å²) in [7, 11) is 1.27. The highest BCUT2D eigenvalue weighted by molar-refractivity contribution is 5.69. The Morgan fingerprint density at radius 1 is 1.20 bits per heavy atom. The predicted octanol–water partition coefficient (Wildman–Crippen LogP) is 3.31. The molecule has 0 aromatic rings. The number of halogens is 3. The normalized spacial score (nSPS) is 12.7. The smallest absolute Gasteiger partial charge is 0.389 e. The lowest BCUT2D eigenvalue weighted by molar-refractivity contribution is -0.143. The molecule has 0 aliphatic carbocycles. The molecule has 0 spiro atoms. The van der Waals surface area contributed by atoms with Gasteiger partial charge >= 0.3 is 12.1 Å². The third kappa shape index (κ3) is 8.27. The molecule has 0 saturated carbocycles. The number of hydrogen-bond donors (Lipinski definition) is 0. The molecule has 2 nitrogen and oxygen atoms in total. The molecule has 90 valence electrons. The number of hydrogen-bond acceptors (Lipinski definition) is 2. The van der Waals surface area contributed by atoms with Gasteiger partial charge in [-0.3, -0.25) is 4.79 Å². The third-order valence-corrected chi connectivity index (χ3v) is 2.16. The first-order chi connectivity index (χ1) is 6.66. The van der Waals surface area contributed by atoms with Crippen LogP contribution in [0.3, 0.4) is 0 Å². The number of methoxy groups -OCH3 is 1. The van der Waals surface area contributed by atoms with Crippen LogP contribution in [-0.4, -0.2) is 19.3 Å². The van der Waals surface area contributed by atoms with Gasteiger partial charge < -0.3 is 4.74 Å². The molecule has 0 bridgehead atoms. The van der Waals surface area contributed by atoms with Crippen LogP contribution in [0.2, 0.25) is 0 Å². The van der Waals surface area contributed by atoms with Crippen molar-refractivity contribution in [1.29, 1.82) is 0 Å². The van der Waals surface area contributed by atoms with Gasteiger partial charge in [0, 0.05) is 6.42 Å². The first-order valence-corrected chi connectivity index (χ1v) is 4.80. The molecular formula is C10H17F3O2. The summed E-state index contributed by atoms with van der Waals surface area (Å²) in [5.74, 6) is -0.382. The van der Waals surface area contributed by atoms with Gasteiger partial charge in [-0.15, -0.1) is 0 Å². The van der Waals surface area contributed by atoms with E-state index in [1.165, 1.54) is 7.11 Å². The second kappa shape index (κ2) is 5.37. The van der Waals surface area contributed by atoms with Crippen molar-refractivity contribution in [2.24, 2.45) is 5.41 Å². The molecule has 0 aliphatic rings. The van der Waals surface area contributed by atoms with E-state index in [1.54, 1.807) is 13.8 Å². The Balaban J connectivity index is 3.89. The average molecular weight is 226 g/mol. The summed E-state index contributed by atoms with van der Waals surface area (Å²) < 4.78 is 40.1. The van der Waals surface area contributed by atoms with E-state index in [-0.39, 0.29) is 18.8 Å². The zero-order valence-corrected chi connectivity index (χ0v) is 9.28. The van der Waals surface area contributed by atoms with E-state index in [0.717, 1.165) is 0 Å². The Labute approximate surface area is 87.8 Å². The van der Waals surface area contributed by atoms with Gasteiger partial charge in [0.05, 0.1) is 13.5 Å². The summed E-state index contributed by atoms with van der Waals surface area (Å²) in [6.45, 7) is 3.53. The molecule has 0 unspecified atom stereocenters. The van der Waals surface area contributed by atoms with E-state index < -0.39 is 18.0 Å². The van der Waals surface area contributed by atoms with Crippen LogP contribution in [0.5, 0.6) is 0 Å². The van der Waals surface area contributed by atoms with Crippen molar-refractivity contribution in [3.8, 4) is 0 Å². The maximum atomic E-state index is 11.9. The molecule has 0 amide bonds. The lowest BCUT2D eigenvalue weighted by atomic mass is 9.84. The Morgan fingerprint density at radius 3 is 2.13 bits per heavy atom. The second-order valence-electron chi connectivity index (χ2n) is 4.39. The van der Waals surface area contributed by atoms with Gasteiger partial charge in [0.1, 0.15) is 0 Å². The average Bonchev–Trinajstić information content (AvgIpc) is 2.00. The minimum Gasteiger partial charge on any atom is -0.469 e. The molecule has 0 atom stereocenters. The maximum absolute atomic E-state index is 11.9. The Morgan fingerprint density at radius 2 is 1.73 bits per heavy atom. The summed E-state index contributed by atoms with van der Waals surface area (Å²) >= 11 is 0. The van der Waals surface area contributed by atoms with Crippen LogP contribution >= 0.6 is 0 Å². The van der Waals surface area contributed by atoms with Gasteiger partial charge in [0.25, 0.3) is 0 Å². The number of rotatable bonds is 5. The number of esters is 1. The molecule has 0 fully saturated rings. The van der Waals surface area contributed by atoms with Crippen molar-refractivity contribution < 1.29 is 22.7 Å². The minimum absolute atomic E-state index is 0.0491. The molecule has 0 aromatic heterocycles. The van der Waals surface area contributed by atoms with Crippen molar-refractivity contribution in [2.75, 3.05) is 7.11 Å². The standard InChI is InChI=1S/C10H17F3O2/c1-9(2,7-8(14)15-3)5-4-6-10(11,12)13/h4-7H2,1-3H3. The van der Waals surface area contributed by atoms with E-state index in [1.807, 2.05) is 0 Å². The van der Waals surface area contributed by atoms with Gasteiger partial charge in [-0.2, -0.15) is 13.2 Å². The molecule has 0 rings (SSSR count). The molecule has 5 heteroatoms. The summed E-state index contributed by atoms with van der Waals surface area (Å²) in [6, 6.07) is 0. The molecule has 15 heavy (non-hydrogen) atoms. The van der Waals surface area contributed by atoms with Crippen molar-refractivity contribution in [3.05, 3.63) is 0 Å². The van der Waals surface area contributed by atoms with E-state index in [2.05, 4.69) is 4.74 Å². The Hall–Kier alpha value is -0.740. The number of ether oxygens (including phenoxy) is 1. The summed E-state index contributed by atoms with van der Waals surface area (Å²) in [5, 5.41) is 0. The lowest BCUT2D eigenvalue weighted by Crippen LogP contribution is -2.19. The highest BCUT2D eigenvalue weighted by atomic mass is 19.4. The first kappa shape index (κ1) is 14.3.